The van der Waals surface area contributed by atoms with Crippen molar-refractivity contribution in [3.63, 3.8) is 0 Å². The van der Waals surface area contributed by atoms with Crippen LogP contribution in [-0.2, 0) is 4.74 Å². The Hall–Kier alpha value is -3.29. The summed E-state index contributed by atoms with van der Waals surface area (Å²) in [5.74, 6) is -1.45. The van der Waals surface area contributed by atoms with Crippen molar-refractivity contribution >= 4 is 21.9 Å². The number of hydrogen-bond acceptors (Lipinski definition) is 12. The van der Waals surface area contributed by atoms with Crippen molar-refractivity contribution in [2.45, 2.75) is 30.7 Å². The summed E-state index contributed by atoms with van der Waals surface area (Å²) in [6.45, 7) is -0.684. The second-order valence-electron chi connectivity index (χ2n) is 7.40. The minimum Gasteiger partial charge on any atom is -0.507 e. The molecule has 12 heteroatoms. The number of phenolic OH excluding ortho intramolecular Hbond substituents is 2. The second kappa shape index (κ2) is 8.57. The number of hydrogen-bond donors (Lipinski definition) is 6. The molecule has 4 rings (SSSR count). The third kappa shape index (κ3) is 3.67. The molecule has 5 atom stereocenters. The number of phenols is 2. The highest BCUT2D eigenvalue weighted by Gasteiger charge is 2.45. The Kier molecular flexibility index (Phi) is 5.95. The number of methoxy groups -OCH3 is 2. The topological polar surface area (TPSA) is 189 Å². The van der Waals surface area contributed by atoms with Crippen molar-refractivity contribution in [2.24, 2.45) is 0 Å². The van der Waals surface area contributed by atoms with Gasteiger partial charge in [-0.15, -0.1) is 0 Å². The van der Waals surface area contributed by atoms with Crippen molar-refractivity contribution in [1.29, 1.82) is 0 Å². The van der Waals surface area contributed by atoms with Crippen LogP contribution < -0.4 is 19.6 Å². The molecule has 0 spiro atoms. The van der Waals surface area contributed by atoms with E-state index in [4.69, 9.17) is 23.4 Å². The number of rotatable bonds is 5. The number of fused-ring (bicyclic) bond motifs is 2. The van der Waals surface area contributed by atoms with Gasteiger partial charge in [-0.25, -0.2) is 0 Å². The zero-order valence-electron chi connectivity index (χ0n) is 17.5. The molecule has 1 saturated heterocycles. The summed E-state index contributed by atoms with van der Waals surface area (Å²) in [6, 6.07) is 3.70. The normalized spacial score (nSPS) is 25.3. The standard InChI is InChI=1S/C21H22O12/c1-29-7-3-9(23)13-10(4-7)31-19-8(14(13)24)5-11(16(26)20(19)30-2)32-21-18(28)17(27)15(25)12(6-22)33-21/h3-5,12,15,17-18,21-23,25-28H,6H2,1-2H3/t12-,15-,17+,18-,21?/m1/s1. The molecule has 2 heterocycles. The molecule has 1 unspecified atom stereocenters. The van der Waals surface area contributed by atoms with Gasteiger partial charge in [-0.2, -0.15) is 0 Å². The molecule has 6 N–H and O–H groups in total. The van der Waals surface area contributed by atoms with Gasteiger partial charge in [-0.1, -0.05) is 0 Å². The summed E-state index contributed by atoms with van der Waals surface area (Å²) in [5.41, 5.74) is -0.852. The van der Waals surface area contributed by atoms with Crippen molar-refractivity contribution < 1.29 is 54.0 Å². The lowest BCUT2D eigenvalue weighted by atomic mass is 9.99. The van der Waals surface area contributed by atoms with Gasteiger partial charge in [0.15, 0.2) is 11.3 Å². The smallest absolute Gasteiger partial charge is 0.229 e. The average Bonchev–Trinajstić information content (AvgIpc) is 2.80. The van der Waals surface area contributed by atoms with Gasteiger partial charge in [0.05, 0.1) is 26.2 Å². The van der Waals surface area contributed by atoms with E-state index in [1.807, 2.05) is 0 Å². The molecular formula is C21H22O12. The van der Waals surface area contributed by atoms with Crippen LogP contribution in [0.3, 0.4) is 0 Å². The minimum atomic E-state index is -1.76. The molecule has 0 aliphatic carbocycles. The molecule has 0 bridgehead atoms. The number of ether oxygens (including phenoxy) is 4. The van der Waals surface area contributed by atoms with Gasteiger partial charge >= 0.3 is 0 Å². The molecule has 12 nitrogen and oxygen atoms in total. The molecule has 0 radical (unpaired) electrons. The van der Waals surface area contributed by atoms with Gasteiger partial charge < -0.3 is 54.0 Å². The lowest BCUT2D eigenvalue weighted by Crippen LogP contribution is -2.60. The lowest BCUT2D eigenvalue weighted by Gasteiger charge is -2.39. The molecule has 0 saturated carbocycles. The first-order valence-electron chi connectivity index (χ1n) is 9.76. The Morgan fingerprint density at radius 1 is 1.00 bits per heavy atom. The van der Waals surface area contributed by atoms with E-state index in [2.05, 4.69) is 0 Å². The Labute approximate surface area is 185 Å². The van der Waals surface area contributed by atoms with Crippen LogP contribution in [0, 0.1) is 0 Å². The highest BCUT2D eigenvalue weighted by molar-refractivity contribution is 5.97. The van der Waals surface area contributed by atoms with Crippen LogP contribution in [0.4, 0.5) is 0 Å². The second-order valence-corrected chi connectivity index (χ2v) is 7.40. The van der Waals surface area contributed by atoms with E-state index in [9.17, 15) is 35.4 Å². The summed E-state index contributed by atoms with van der Waals surface area (Å²) >= 11 is 0. The van der Waals surface area contributed by atoms with Crippen LogP contribution in [-0.4, -0.2) is 82.2 Å². The largest absolute Gasteiger partial charge is 0.507 e. The van der Waals surface area contributed by atoms with Crippen molar-refractivity contribution in [3.05, 3.63) is 28.4 Å². The fourth-order valence-electron chi connectivity index (χ4n) is 3.69. The zero-order chi connectivity index (χ0) is 24.0. The van der Waals surface area contributed by atoms with Crippen LogP contribution in [0.1, 0.15) is 0 Å². The lowest BCUT2D eigenvalue weighted by molar-refractivity contribution is -0.277. The van der Waals surface area contributed by atoms with E-state index < -0.39 is 54.2 Å². The van der Waals surface area contributed by atoms with Crippen LogP contribution in [0.15, 0.2) is 27.4 Å². The number of aliphatic hydroxyl groups is 4. The quantitative estimate of drug-likeness (QED) is 0.266. The van der Waals surface area contributed by atoms with Gasteiger partial charge in [0.2, 0.25) is 23.2 Å². The fourth-order valence-corrected chi connectivity index (χ4v) is 3.69. The third-order valence-corrected chi connectivity index (χ3v) is 5.44. The average molecular weight is 466 g/mol. The van der Waals surface area contributed by atoms with E-state index in [-0.39, 0.29) is 39.2 Å². The van der Waals surface area contributed by atoms with E-state index in [0.29, 0.717) is 0 Å². The molecule has 33 heavy (non-hydrogen) atoms. The first-order chi connectivity index (χ1) is 15.7. The van der Waals surface area contributed by atoms with Crippen LogP contribution >= 0.6 is 0 Å². The summed E-state index contributed by atoms with van der Waals surface area (Å²) < 4.78 is 26.7. The SMILES string of the molecule is COc1cc(O)c2c(=O)c3cc(OC4O[C@H](CO)[C@@H](O)[C@H](O)[C@H]4O)c(O)c(OC)c3oc2c1. The minimum absolute atomic E-state index is 0.0235. The maximum absolute atomic E-state index is 13.1. The van der Waals surface area contributed by atoms with Gasteiger partial charge in [0.25, 0.3) is 0 Å². The fraction of sp³-hybridized carbons (Fsp3) is 0.381. The van der Waals surface area contributed by atoms with E-state index >= 15 is 0 Å². The first-order valence-corrected chi connectivity index (χ1v) is 9.76. The number of benzene rings is 2. The molecule has 1 aliphatic heterocycles. The summed E-state index contributed by atoms with van der Waals surface area (Å²) in [5, 5.41) is 60.1. The van der Waals surface area contributed by atoms with Crippen molar-refractivity contribution in [3.8, 4) is 28.7 Å². The Morgan fingerprint density at radius 3 is 2.36 bits per heavy atom. The Bertz CT molecular complexity index is 1250. The maximum Gasteiger partial charge on any atom is 0.229 e. The van der Waals surface area contributed by atoms with Crippen molar-refractivity contribution in [2.75, 3.05) is 20.8 Å². The Morgan fingerprint density at radius 2 is 1.73 bits per heavy atom. The van der Waals surface area contributed by atoms with Crippen molar-refractivity contribution in [1.82, 2.24) is 0 Å². The number of aliphatic hydroxyl groups excluding tert-OH is 4. The molecule has 1 aliphatic rings. The molecule has 1 fully saturated rings. The van der Waals surface area contributed by atoms with E-state index in [0.717, 1.165) is 6.07 Å². The molecule has 178 valence electrons. The monoisotopic (exact) mass is 466 g/mol. The molecular weight excluding hydrogens is 444 g/mol. The number of aromatic hydroxyl groups is 2. The summed E-state index contributed by atoms with van der Waals surface area (Å²) in [6.07, 6.45) is -7.96. The zero-order valence-corrected chi connectivity index (χ0v) is 17.5. The molecule has 2 aromatic carbocycles. The highest BCUT2D eigenvalue weighted by Crippen LogP contribution is 2.44. The highest BCUT2D eigenvalue weighted by atomic mass is 16.7. The molecule has 3 aromatic rings. The predicted octanol–water partition coefficient (Wildman–Crippen LogP) is -0.447. The summed E-state index contributed by atoms with van der Waals surface area (Å²) in [4.78, 5) is 13.1. The van der Waals surface area contributed by atoms with Gasteiger partial charge in [0.1, 0.15) is 46.9 Å². The summed E-state index contributed by atoms with van der Waals surface area (Å²) in [7, 11) is 2.58. The maximum atomic E-state index is 13.1. The van der Waals surface area contributed by atoms with E-state index in [1.54, 1.807) is 0 Å². The van der Waals surface area contributed by atoms with Crippen LogP contribution in [0.5, 0.6) is 28.7 Å². The third-order valence-electron chi connectivity index (χ3n) is 5.44. The molecule has 0 amide bonds. The van der Waals surface area contributed by atoms with Crippen LogP contribution in [0.25, 0.3) is 21.9 Å². The predicted molar refractivity (Wildman–Crippen MR) is 111 cm³/mol. The van der Waals surface area contributed by atoms with Gasteiger partial charge in [-0.3, -0.25) is 4.79 Å². The molecule has 1 aromatic heterocycles. The van der Waals surface area contributed by atoms with Gasteiger partial charge in [0, 0.05) is 12.1 Å². The first kappa shape index (κ1) is 22.9. The van der Waals surface area contributed by atoms with E-state index in [1.165, 1.54) is 26.4 Å². The van der Waals surface area contributed by atoms with Crippen LogP contribution in [0.2, 0.25) is 0 Å². The Balaban J connectivity index is 1.87. The van der Waals surface area contributed by atoms with Gasteiger partial charge in [-0.05, 0) is 6.07 Å².